The van der Waals surface area contributed by atoms with Crippen LogP contribution in [0.1, 0.15) is 36.8 Å². The fourth-order valence-electron chi connectivity index (χ4n) is 4.12. The van der Waals surface area contributed by atoms with E-state index in [1.165, 1.54) is 36.4 Å². The van der Waals surface area contributed by atoms with Crippen LogP contribution in [-0.2, 0) is 22.4 Å². The molecule has 3 rings (SSSR count). The maximum atomic E-state index is 13.7. The van der Waals surface area contributed by atoms with Gasteiger partial charge in [0.15, 0.2) is 0 Å². The van der Waals surface area contributed by atoms with E-state index in [0.29, 0.717) is 25.7 Å². The molecule has 1 aliphatic rings. The zero-order chi connectivity index (χ0) is 23.1. The highest BCUT2D eigenvalue weighted by Gasteiger charge is 2.31. The summed E-state index contributed by atoms with van der Waals surface area (Å²) >= 11 is 0. The van der Waals surface area contributed by atoms with E-state index in [0.717, 1.165) is 0 Å². The molecule has 2 N–H and O–H groups in total. The Morgan fingerprint density at radius 2 is 1.09 bits per heavy atom. The predicted octanol–water partition coefficient (Wildman–Crippen LogP) is 4.07. The number of amides is 2. The molecule has 0 heterocycles. The number of hydrogen-bond donors (Lipinski definition) is 2. The summed E-state index contributed by atoms with van der Waals surface area (Å²) in [4.78, 5) is 25.0. The minimum atomic E-state index is -0.649. The lowest BCUT2D eigenvalue weighted by Gasteiger charge is -2.27. The minimum absolute atomic E-state index is 0.0352. The van der Waals surface area contributed by atoms with Gasteiger partial charge in [-0.1, -0.05) is 18.6 Å². The molecule has 2 aromatic carbocycles. The first-order valence-corrected chi connectivity index (χ1v) is 10.8. The van der Waals surface area contributed by atoms with Crippen molar-refractivity contribution in [2.75, 3.05) is 13.1 Å². The highest BCUT2D eigenvalue weighted by Crippen LogP contribution is 2.29. The number of carbonyl (C=O) groups is 2. The van der Waals surface area contributed by atoms with Gasteiger partial charge in [-0.2, -0.15) is 0 Å². The smallest absolute Gasteiger partial charge is 0.223 e. The average molecular weight is 450 g/mol. The van der Waals surface area contributed by atoms with Crippen LogP contribution in [0.25, 0.3) is 0 Å². The number of carbonyl (C=O) groups excluding carboxylic acids is 2. The molecule has 0 spiro atoms. The molecule has 2 amide bonds. The van der Waals surface area contributed by atoms with Crippen LogP contribution in [0, 0.1) is 35.1 Å². The second-order valence-electron chi connectivity index (χ2n) is 8.04. The Morgan fingerprint density at radius 3 is 1.47 bits per heavy atom. The molecule has 2 unspecified atom stereocenters. The quantitative estimate of drug-likeness (QED) is 0.596. The average Bonchev–Trinajstić information content (AvgIpc) is 2.77. The van der Waals surface area contributed by atoms with Crippen LogP contribution >= 0.6 is 0 Å². The summed E-state index contributed by atoms with van der Waals surface area (Å²) < 4.78 is 54.7. The van der Waals surface area contributed by atoms with Crippen molar-refractivity contribution in [2.45, 2.75) is 38.5 Å². The van der Waals surface area contributed by atoms with E-state index in [1.807, 2.05) is 0 Å². The Morgan fingerprint density at radius 1 is 0.719 bits per heavy atom. The number of benzene rings is 2. The number of rotatable bonds is 8. The molecule has 32 heavy (non-hydrogen) atoms. The van der Waals surface area contributed by atoms with Crippen LogP contribution in [0.3, 0.4) is 0 Å². The standard InChI is InChI=1S/C24H26F4N2O2/c25-19-6-2-7-20(26)17(19)10-12-29-23(31)15-4-1-5-16(14-15)24(32)30-13-11-18-21(27)8-3-9-22(18)28/h2-3,6-9,15-16H,1,4-5,10-14H2,(H,29,31)(H,30,32). The molecule has 0 radical (unpaired) electrons. The van der Waals surface area contributed by atoms with Crippen LogP contribution in [0.5, 0.6) is 0 Å². The van der Waals surface area contributed by atoms with Crippen LogP contribution in [0.4, 0.5) is 17.6 Å². The minimum Gasteiger partial charge on any atom is -0.356 e. The molecule has 1 fully saturated rings. The van der Waals surface area contributed by atoms with Gasteiger partial charge >= 0.3 is 0 Å². The Bertz CT molecular complexity index is 851. The molecule has 1 aliphatic carbocycles. The molecule has 172 valence electrons. The van der Waals surface area contributed by atoms with Gasteiger partial charge < -0.3 is 10.6 Å². The van der Waals surface area contributed by atoms with Crippen LogP contribution < -0.4 is 10.6 Å². The van der Waals surface area contributed by atoms with Crippen molar-refractivity contribution in [2.24, 2.45) is 11.8 Å². The van der Waals surface area contributed by atoms with Crippen molar-refractivity contribution in [3.05, 3.63) is 70.8 Å². The Kier molecular flexibility index (Phi) is 8.25. The Labute approximate surface area is 184 Å². The van der Waals surface area contributed by atoms with Gasteiger partial charge in [-0.15, -0.1) is 0 Å². The van der Waals surface area contributed by atoms with Gasteiger partial charge in [-0.3, -0.25) is 9.59 Å². The van der Waals surface area contributed by atoms with Crippen molar-refractivity contribution in [1.82, 2.24) is 10.6 Å². The fourth-order valence-corrected chi connectivity index (χ4v) is 4.12. The highest BCUT2D eigenvalue weighted by molar-refractivity contribution is 5.82. The molecular formula is C24H26F4N2O2. The SMILES string of the molecule is O=C(NCCc1c(F)cccc1F)C1CCCC(C(=O)NCCc2c(F)cccc2F)C1. The first-order chi connectivity index (χ1) is 15.4. The van der Waals surface area contributed by atoms with Crippen molar-refractivity contribution >= 4 is 11.8 Å². The van der Waals surface area contributed by atoms with E-state index in [1.54, 1.807) is 0 Å². The lowest BCUT2D eigenvalue weighted by molar-refractivity contribution is -0.130. The van der Waals surface area contributed by atoms with Crippen LogP contribution in [-0.4, -0.2) is 24.9 Å². The molecule has 0 aromatic heterocycles. The van der Waals surface area contributed by atoms with Gasteiger partial charge in [-0.05, 0) is 56.4 Å². The summed E-state index contributed by atoms with van der Waals surface area (Å²) in [5.74, 6) is -3.82. The summed E-state index contributed by atoms with van der Waals surface area (Å²) in [5.41, 5.74) is -0.139. The van der Waals surface area contributed by atoms with Gasteiger partial charge in [0.05, 0.1) is 0 Å². The lowest BCUT2D eigenvalue weighted by atomic mass is 9.80. The van der Waals surface area contributed by atoms with Crippen molar-refractivity contribution in [3.63, 3.8) is 0 Å². The van der Waals surface area contributed by atoms with E-state index >= 15 is 0 Å². The second kappa shape index (κ2) is 11.1. The third-order valence-electron chi connectivity index (χ3n) is 5.89. The van der Waals surface area contributed by atoms with Crippen LogP contribution in [0.15, 0.2) is 36.4 Å². The molecular weight excluding hydrogens is 424 g/mol. The van der Waals surface area contributed by atoms with E-state index in [9.17, 15) is 27.2 Å². The number of hydrogen-bond acceptors (Lipinski definition) is 2. The number of halogens is 4. The molecule has 2 atom stereocenters. The molecule has 4 nitrogen and oxygen atoms in total. The molecule has 0 aliphatic heterocycles. The first-order valence-electron chi connectivity index (χ1n) is 10.8. The molecule has 0 bridgehead atoms. The van der Waals surface area contributed by atoms with Gasteiger partial charge in [0, 0.05) is 36.1 Å². The van der Waals surface area contributed by atoms with E-state index in [-0.39, 0.29) is 60.7 Å². The van der Waals surface area contributed by atoms with E-state index in [4.69, 9.17) is 0 Å². The van der Waals surface area contributed by atoms with Crippen LogP contribution in [0.2, 0.25) is 0 Å². The van der Waals surface area contributed by atoms with Crippen molar-refractivity contribution in [1.29, 1.82) is 0 Å². The monoisotopic (exact) mass is 450 g/mol. The molecule has 2 aromatic rings. The number of nitrogens with one attached hydrogen (secondary N) is 2. The lowest BCUT2D eigenvalue weighted by Crippen LogP contribution is -2.39. The Hall–Kier alpha value is -2.90. The third-order valence-corrected chi connectivity index (χ3v) is 5.89. The highest BCUT2D eigenvalue weighted by atomic mass is 19.1. The topological polar surface area (TPSA) is 58.2 Å². The Balaban J connectivity index is 1.44. The van der Waals surface area contributed by atoms with E-state index in [2.05, 4.69) is 10.6 Å². The van der Waals surface area contributed by atoms with Gasteiger partial charge in [0.25, 0.3) is 0 Å². The first kappa shape index (κ1) is 23.8. The maximum absolute atomic E-state index is 13.7. The zero-order valence-electron chi connectivity index (χ0n) is 17.6. The predicted molar refractivity (Wildman–Crippen MR) is 112 cm³/mol. The normalized spacial score (nSPS) is 18.2. The third kappa shape index (κ3) is 6.08. The summed E-state index contributed by atoms with van der Waals surface area (Å²) in [7, 11) is 0. The van der Waals surface area contributed by atoms with Gasteiger partial charge in [-0.25, -0.2) is 17.6 Å². The van der Waals surface area contributed by atoms with Crippen molar-refractivity contribution in [3.8, 4) is 0 Å². The van der Waals surface area contributed by atoms with E-state index < -0.39 is 23.3 Å². The second-order valence-corrected chi connectivity index (χ2v) is 8.04. The maximum Gasteiger partial charge on any atom is 0.223 e. The molecule has 1 saturated carbocycles. The summed E-state index contributed by atoms with van der Waals surface area (Å²) in [6, 6.07) is 7.26. The largest absolute Gasteiger partial charge is 0.356 e. The fraction of sp³-hybridized carbons (Fsp3) is 0.417. The van der Waals surface area contributed by atoms with Crippen molar-refractivity contribution < 1.29 is 27.2 Å². The summed E-state index contributed by atoms with van der Waals surface area (Å²) in [5, 5.41) is 5.41. The molecule has 0 saturated heterocycles. The van der Waals surface area contributed by atoms with Gasteiger partial charge in [0.1, 0.15) is 23.3 Å². The molecule has 8 heteroatoms. The van der Waals surface area contributed by atoms with Gasteiger partial charge in [0.2, 0.25) is 11.8 Å². The summed E-state index contributed by atoms with van der Waals surface area (Å²) in [6.07, 6.45) is 2.38. The summed E-state index contributed by atoms with van der Waals surface area (Å²) in [6.45, 7) is 0.191. The zero-order valence-corrected chi connectivity index (χ0v) is 17.6.